The number of aromatic nitrogens is 4. The monoisotopic (exact) mass is 815 g/mol. The van der Waals surface area contributed by atoms with E-state index >= 15 is 0 Å². The third-order valence-corrected chi connectivity index (χ3v) is 11.6. The Morgan fingerprint density at radius 3 is 1.63 bits per heavy atom. The van der Waals surface area contributed by atoms with Crippen LogP contribution in [0.15, 0.2) is 91.4 Å². The summed E-state index contributed by atoms with van der Waals surface area (Å²) in [6.45, 7) is 14.9. The first-order valence-electron chi connectivity index (χ1n) is 20.4. The Hall–Kier alpha value is -6.10. The Morgan fingerprint density at radius 1 is 0.600 bits per heavy atom. The van der Waals surface area contributed by atoms with Crippen LogP contribution < -0.4 is 0 Å². The van der Waals surface area contributed by atoms with Gasteiger partial charge in [-0.25, -0.2) is 8.78 Å². The van der Waals surface area contributed by atoms with Gasteiger partial charge in [-0.1, -0.05) is 89.5 Å². The average Bonchev–Trinajstić information content (AvgIpc) is 4.00. The molecule has 3 aliphatic rings. The summed E-state index contributed by atoms with van der Waals surface area (Å²) in [6.07, 6.45) is 13.6. The summed E-state index contributed by atoms with van der Waals surface area (Å²) in [5.41, 5.74) is 17.3. The van der Waals surface area contributed by atoms with Crippen LogP contribution in [0.25, 0.3) is 34.9 Å². The zero-order valence-electron chi connectivity index (χ0n) is 35.1. The summed E-state index contributed by atoms with van der Waals surface area (Å²) >= 11 is 6.17. The molecule has 3 aromatic heterocycles. The number of pyridine rings is 2. The Morgan fingerprint density at radius 2 is 1.10 bits per heavy atom. The molecule has 0 atom stereocenters. The van der Waals surface area contributed by atoms with Crippen LogP contribution >= 0.6 is 11.6 Å². The molecular formula is C52H48ClF2N5. The van der Waals surface area contributed by atoms with Gasteiger partial charge in [-0.2, -0.15) is 15.5 Å². The summed E-state index contributed by atoms with van der Waals surface area (Å²) < 4.78 is 27.6. The lowest BCUT2D eigenvalue weighted by Gasteiger charge is -2.11. The first-order valence-corrected chi connectivity index (χ1v) is 20.8. The van der Waals surface area contributed by atoms with Gasteiger partial charge >= 0.3 is 0 Å². The molecule has 0 aliphatic heterocycles. The number of rotatable bonds is 6. The van der Waals surface area contributed by atoms with Crippen LogP contribution in [0.1, 0.15) is 138 Å². The highest BCUT2D eigenvalue weighted by Gasteiger charge is 2.21. The van der Waals surface area contributed by atoms with Crippen LogP contribution in [-0.4, -0.2) is 20.2 Å². The van der Waals surface area contributed by atoms with Crippen molar-refractivity contribution in [2.24, 2.45) is 0 Å². The van der Waals surface area contributed by atoms with E-state index in [-0.39, 0.29) is 11.6 Å². The van der Waals surface area contributed by atoms with Gasteiger partial charge in [-0.05, 0) is 141 Å². The lowest BCUT2D eigenvalue weighted by molar-refractivity contribution is 0.623. The highest BCUT2D eigenvalue weighted by Crippen LogP contribution is 2.36. The number of hydrogen-bond donors (Lipinski definition) is 0. The quantitative estimate of drug-likeness (QED) is 0.167. The third-order valence-electron chi connectivity index (χ3n) is 11.3. The second-order valence-electron chi connectivity index (χ2n) is 16.5. The molecule has 0 saturated carbocycles. The fourth-order valence-electron chi connectivity index (χ4n) is 7.88. The number of benzene rings is 3. The van der Waals surface area contributed by atoms with Crippen molar-refractivity contribution in [2.45, 2.75) is 85.5 Å². The van der Waals surface area contributed by atoms with E-state index in [1.807, 2.05) is 54.9 Å². The van der Waals surface area contributed by atoms with Crippen molar-refractivity contribution < 1.29 is 8.78 Å². The van der Waals surface area contributed by atoms with Crippen molar-refractivity contribution in [1.82, 2.24) is 20.2 Å². The van der Waals surface area contributed by atoms with E-state index in [4.69, 9.17) is 16.9 Å². The van der Waals surface area contributed by atoms with E-state index in [1.165, 1.54) is 34.4 Å². The molecule has 0 unspecified atom stereocenters. The number of allylic oxidation sites excluding steroid dienone is 3. The molecule has 3 heterocycles. The summed E-state index contributed by atoms with van der Waals surface area (Å²) in [4.78, 5) is 8.92. The molecule has 0 radical (unpaired) electrons. The predicted octanol–water partition coefficient (Wildman–Crippen LogP) is 13.4. The summed E-state index contributed by atoms with van der Waals surface area (Å²) in [6, 6.07) is 24.8. The molecule has 8 heteroatoms. The third kappa shape index (κ3) is 9.05. The molecule has 0 amide bonds. The zero-order chi connectivity index (χ0) is 42.7. The fraction of sp³-hybridized carbons (Fsp3) is 0.250. The molecule has 6 aromatic rings. The standard InChI is InChI=1S/C18H18FN.C17H15ClFN.C17H15N3/c1-11(2)15-9-18(20-10-12(15)3)14-7-13-5-4-6-17(19)16(13)8-14;1-10(2)13-8-17(20-9-15(13)18)12-6-11-4-3-5-16(19)14(11)7-12;1-11(2)15-8-17(20-19-10-15)14-6-12-4-3-5-13(9-18)16(12)7-14/h4-6,8-11H,7H2,1-3H3;3-5,7-10H,6H2,1-2H3;3-5,7-8,10-11H,6H2,1-2H3. The molecule has 3 aliphatic carbocycles. The fourth-order valence-corrected chi connectivity index (χ4v) is 8.20. The van der Waals surface area contributed by atoms with Gasteiger partial charge in [-0.3, -0.25) is 9.97 Å². The molecule has 0 bridgehead atoms. The summed E-state index contributed by atoms with van der Waals surface area (Å²) in [7, 11) is 0. The minimum atomic E-state index is -0.171. The minimum Gasteiger partial charge on any atom is -0.256 e. The van der Waals surface area contributed by atoms with E-state index in [0.717, 1.165) is 86.4 Å². The molecule has 0 spiro atoms. The van der Waals surface area contributed by atoms with Gasteiger partial charge in [0.2, 0.25) is 0 Å². The highest BCUT2D eigenvalue weighted by molar-refractivity contribution is 6.31. The minimum absolute atomic E-state index is 0.145. The highest BCUT2D eigenvalue weighted by atomic mass is 35.5. The van der Waals surface area contributed by atoms with Crippen molar-refractivity contribution in [3.8, 4) is 6.07 Å². The number of aryl methyl sites for hydroxylation is 1. The molecule has 0 N–H and O–H groups in total. The number of nitriles is 1. The Balaban J connectivity index is 0.000000136. The largest absolute Gasteiger partial charge is 0.256 e. The van der Waals surface area contributed by atoms with Gasteiger partial charge in [0, 0.05) is 42.8 Å². The molecule has 0 saturated heterocycles. The van der Waals surface area contributed by atoms with E-state index in [2.05, 4.69) is 99.0 Å². The molecule has 302 valence electrons. The van der Waals surface area contributed by atoms with E-state index < -0.39 is 0 Å². The van der Waals surface area contributed by atoms with Gasteiger partial charge in [-0.15, -0.1) is 0 Å². The Labute approximate surface area is 357 Å². The number of halogens is 3. The lowest BCUT2D eigenvalue weighted by Crippen LogP contribution is -1.97. The van der Waals surface area contributed by atoms with Crippen molar-refractivity contribution >= 4 is 46.5 Å². The van der Waals surface area contributed by atoms with Crippen LogP contribution in [-0.2, 0) is 19.3 Å². The summed E-state index contributed by atoms with van der Waals surface area (Å²) in [5, 5.41) is 18.2. The zero-order valence-corrected chi connectivity index (χ0v) is 35.9. The van der Waals surface area contributed by atoms with Crippen molar-refractivity contribution in [1.29, 1.82) is 5.26 Å². The van der Waals surface area contributed by atoms with Crippen LogP contribution in [0.2, 0.25) is 5.02 Å². The van der Waals surface area contributed by atoms with Crippen LogP contribution in [0.3, 0.4) is 0 Å². The Bertz CT molecular complexity index is 2610. The first kappa shape index (κ1) is 42.0. The second kappa shape index (κ2) is 18.0. The van der Waals surface area contributed by atoms with Gasteiger partial charge in [0.05, 0.1) is 39.9 Å². The molecule has 3 aromatic carbocycles. The molecule has 0 fully saturated rings. The smallest absolute Gasteiger partial charge is 0.130 e. The molecule has 9 rings (SSSR count). The summed E-state index contributed by atoms with van der Waals surface area (Å²) in [5.74, 6) is 0.927. The normalized spacial score (nSPS) is 13.4. The number of fused-ring (bicyclic) bond motifs is 3. The van der Waals surface area contributed by atoms with Gasteiger partial charge < -0.3 is 0 Å². The van der Waals surface area contributed by atoms with Crippen molar-refractivity contribution in [3.05, 3.63) is 186 Å². The maximum absolute atomic E-state index is 13.8. The first-order chi connectivity index (χ1) is 28.8. The SMILES string of the molecule is CC(C)c1cc(C2=Cc3c(F)cccc3C2)ncc1Cl.CC(C)c1cnnc(C2=Cc3c(C#N)cccc3C2)c1.Cc1cnc(C2=Cc3c(F)cccc3C2)cc1C(C)C. The molecular weight excluding hydrogens is 768 g/mol. The maximum Gasteiger partial charge on any atom is 0.130 e. The topological polar surface area (TPSA) is 75.3 Å². The van der Waals surface area contributed by atoms with Gasteiger partial charge in [0.15, 0.2) is 0 Å². The predicted molar refractivity (Wildman–Crippen MR) is 241 cm³/mol. The average molecular weight is 816 g/mol. The molecule has 60 heavy (non-hydrogen) atoms. The van der Waals surface area contributed by atoms with E-state index in [9.17, 15) is 8.78 Å². The van der Waals surface area contributed by atoms with Crippen LogP contribution in [0.5, 0.6) is 0 Å². The van der Waals surface area contributed by atoms with Crippen LogP contribution in [0, 0.1) is 29.9 Å². The number of hydrogen-bond acceptors (Lipinski definition) is 5. The lowest BCUT2D eigenvalue weighted by atomic mass is 9.97. The molecule has 5 nitrogen and oxygen atoms in total. The Kier molecular flexibility index (Phi) is 12.6. The van der Waals surface area contributed by atoms with Gasteiger partial charge in [0.25, 0.3) is 0 Å². The van der Waals surface area contributed by atoms with Crippen molar-refractivity contribution in [3.63, 3.8) is 0 Å². The second-order valence-corrected chi connectivity index (χ2v) is 16.9. The van der Waals surface area contributed by atoms with E-state index in [0.29, 0.717) is 28.3 Å². The van der Waals surface area contributed by atoms with Crippen LogP contribution in [0.4, 0.5) is 8.78 Å². The number of nitrogens with zero attached hydrogens (tertiary/aromatic N) is 5. The van der Waals surface area contributed by atoms with E-state index in [1.54, 1.807) is 18.3 Å². The van der Waals surface area contributed by atoms with Gasteiger partial charge in [0.1, 0.15) is 11.6 Å². The maximum atomic E-state index is 13.8. The van der Waals surface area contributed by atoms with Crippen molar-refractivity contribution in [2.75, 3.05) is 0 Å².